The third-order valence-corrected chi connectivity index (χ3v) is 2.61. The number of rotatable bonds is 4. The Labute approximate surface area is 103 Å². The first-order valence-corrected chi connectivity index (χ1v) is 5.98. The number of halogens is 2. The molecule has 15 heavy (non-hydrogen) atoms. The number of hydrogen-bond donors (Lipinski definition) is 0. The van der Waals surface area contributed by atoms with Gasteiger partial charge in [0.25, 0.3) is 5.91 Å². The second kappa shape index (κ2) is 6.08. The summed E-state index contributed by atoms with van der Waals surface area (Å²) >= 11 is 8.88. The van der Waals surface area contributed by atoms with Crippen molar-refractivity contribution in [1.29, 1.82) is 0 Å². The molecule has 0 saturated carbocycles. The fraction of sp³-hybridized carbons (Fsp3) is 0.400. The lowest BCUT2D eigenvalue weighted by Crippen LogP contribution is -2.33. The molecule has 82 valence electrons. The molecule has 0 aliphatic carbocycles. The highest BCUT2D eigenvalue weighted by Gasteiger charge is 2.14. The van der Waals surface area contributed by atoms with E-state index in [1.807, 2.05) is 6.92 Å². The van der Waals surface area contributed by atoms with E-state index >= 15 is 0 Å². The summed E-state index contributed by atoms with van der Waals surface area (Å²) in [5, 5.41) is 0. The van der Waals surface area contributed by atoms with Crippen LogP contribution in [-0.4, -0.2) is 34.8 Å². The van der Waals surface area contributed by atoms with Crippen molar-refractivity contribution < 1.29 is 4.79 Å². The van der Waals surface area contributed by atoms with Gasteiger partial charge in [-0.05, 0) is 35.0 Å². The minimum Gasteiger partial charge on any atom is -0.336 e. The Balaban J connectivity index is 2.78. The normalized spacial score (nSPS) is 10.1. The van der Waals surface area contributed by atoms with Gasteiger partial charge in [-0.2, -0.15) is 0 Å². The summed E-state index contributed by atoms with van der Waals surface area (Å²) < 4.78 is 0.861. The van der Waals surface area contributed by atoms with E-state index in [1.54, 1.807) is 23.2 Å². The first-order valence-electron chi connectivity index (χ1n) is 4.65. The van der Waals surface area contributed by atoms with Crippen LogP contribution < -0.4 is 0 Å². The highest BCUT2D eigenvalue weighted by molar-refractivity contribution is 9.10. The molecule has 5 heteroatoms. The van der Waals surface area contributed by atoms with Crippen LogP contribution in [0, 0.1) is 0 Å². The van der Waals surface area contributed by atoms with Gasteiger partial charge in [-0.15, -0.1) is 11.6 Å². The van der Waals surface area contributed by atoms with Crippen LogP contribution >= 0.6 is 27.5 Å². The molecule has 0 unspecified atom stereocenters. The van der Waals surface area contributed by atoms with Crippen molar-refractivity contribution in [3.05, 3.63) is 28.5 Å². The van der Waals surface area contributed by atoms with E-state index < -0.39 is 0 Å². The van der Waals surface area contributed by atoms with Crippen LogP contribution in [-0.2, 0) is 0 Å². The number of hydrogen-bond acceptors (Lipinski definition) is 2. The molecule has 0 fully saturated rings. The number of carbonyl (C=O) groups excluding carboxylic acids is 1. The Morgan fingerprint density at radius 3 is 2.80 bits per heavy atom. The number of aromatic nitrogens is 1. The fourth-order valence-electron chi connectivity index (χ4n) is 1.17. The van der Waals surface area contributed by atoms with Gasteiger partial charge in [0, 0.05) is 29.6 Å². The second-order valence-corrected chi connectivity index (χ2v) is 4.23. The van der Waals surface area contributed by atoms with E-state index in [9.17, 15) is 4.79 Å². The molecule has 3 nitrogen and oxygen atoms in total. The Hall–Kier alpha value is -0.610. The van der Waals surface area contributed by atoms with E-state index in [0.29, 0.717) is 24.7 Å². The molecule has 0 radical (unpaired) electrons. The van der Waals surface area contributed by atoms with Gasteiger partial charge in [0.1, 0.15) is 5.69 Å². The zero-order valence-electron chi connectivity index (χ0n) is 8.41. The third-order valence-electron chi connectivity index (χ3n) is 1.97. The quantitative estimate of drug-likeness (QED) is 0.799. The topological polar surface area (TPSA) is 33.2 Å². The summed E-state index contributed by atoms with van der Waals surface area (Å²) in [6, 6.07) is 3.50. The summed E-state index contributed by atoms with van der Waals surface area (Å²) in [7, 11) is 0. The Morgan fingerprint density at radius 2 is 2.33 bits per heavy atom. The zero-order chi connectivity index (χ0) is 11.3. The maximum atomic E-state index is 11.9. The molecule has 1 aromatic rings. The summed E-state index contributed by atoms with van der Waals surface area (Å²) in [6.07, 6.45) is 1.61. The van der Waals surface area contributed by atoms with Gasteiger partial charge in [0.15, 0.2) is 0 Å². The molecule has 0 bridgehead atoms. The first kappa shape index (κ1) is 12.5. The van der Waals surface area contributed by atoms with Crippen molar-refractivity contribution >= 4 is 33.4 Å². The molecular formula is C10H12BrClN2O. The Morgan fingerprint density at radius 1 is 1.60 bits per heavy atom. The fourth-order valence-corrected chi connectivity index (χ4v) is 1.61. The van der Waals surface area contributed by atoms with E-state index in [-0.39, 0.29) is 5.91 Å². The zero-order valence-corrected chi connectivity index (χ0v) is 10.8. The molecule has 0 aromatic carbocycles. The van der Waals surface area contributed by atoms with Gasteiger partial charge in [0.05, 0.1) is 0 Å². The molecule has 0 aliphatic heterocycles. The van der Waals surface area contributed by atoms with Crippen LogP contribution in [0.25, 0.3) is 0 Å². The number of pyridine rings is 1. The van der Waals surface area contributed by atoms with E-state index in [1.165, 1.54) is 0 Å². The van der Waals surface area contributed by atoms with Crippen molar-refractivity contribution in [2.24, 2.45) is 0 Å². The van der Waals surface area contributed by atoms with Crippen LogP contribution in [0.2, 0.25) is 0 Å². The van der Waals surface area contributed by atoms with Crippen molar-refractivity contribution in [1.82, 2.24) is 9.88 Å². The molecule has 1 heterocycles. The molecule has 0 saturated heterocycles. The van der Waals surface area contributed by atoms with Crippen LogP contribution in [0.15, 0.2) is 22.8 Å². The number of nitrogens with zero attached hydrogens (tertiary/aromatic N) is 2. The van der Waals surface area contributed by atoms with Gasteiger partial charge in [-0.25, -0.2) is 4.98 Å². The van der Waals surface area contributed by atoms with E-state index in [0.717, 1.165) is 4.47 Å². The van der Waals surface area contributed by atoms with Gasteiger partial charge in [-0.1, -0.05) is 0 Å². The maximum Gasteiger partial charge on any atom is 0.272 e. The van der Waals surface area contributed by atoms with Crippen LogP contribution in [0.4, 0.5) is 0 Å². The lowest BCUT2D eigenvalue weighted by molar-refractivity contribution is 0.0768. The number of alkyl halides is 1. The van der Waals surface area contributed by atoms with Gasteiger partial charge < -0.3 is 4.90 Å². The van der Waals surface area contributed by atoms with Crippen molar-refractivity contribution in [3.8, 4) is 0 Å². The van der Waals surface area contributed by atoms with Crippen molar-refractivity contribution in [3.63, 3.8) is 0 Å². The highest BCUT2D eigenvalue weighted by Crippen LogP contribution is 2.09. The second-order valence-electron chi connectivity index (χ2n) is 2.94. The Bertz CT molecular complexity index is 329. The van der Waals surface area contributed by atoms with Gasteiger partial charge >= 0.3 is 0 Å². The molecule has 1 rings (SSSR count). The third kappa shape index (κ3) is 3.47. The summed E-state index contributed by atoms with van der Waals surface area (Å²) in [5.74, 6) is 0.362. The predicted molar refractivity (Wildman–Crippen MR) is 64.2 cm³/mol. The summed E-state index contributed by atoms with van der Waals surface area (Å²) in [5.41, 5.74) is 0.449. The molecule has 0 atom stereocenters. The standard InChI is InChI=1S/C10H12BrClN2O/c1-2-14(6-5-12)10(15)9-4-3-8(11)7-13-9/h3-4,7H,2,5-6H2,1H3. The number of carbonyl (C=O) groups is 1. The van der Waals surface area contributed by atoms with Crippen LogP contribution in [0.3, 0.4) is 0 Å². The van der Waals surface area contributed by atoms with Crippen molar-refractivity contribution in [2.75, 3.05) is 19.0 Å². The Kier molecular flexibility index (Phi) is 5.05. The maximum absolute atomic E-state index is 11.9. The van der Waals surface area contributed by atoms with Gasteiger partial charge in [0.2, 0.25) is 0 Å². The molecule has 0 spiro atoms. The lowest BCUT2D eigenvalue weighted by atomic mass is 10.3. The molecular weight excluding hydrogens is 279 g/mol. The summed E-state index contributed by atoms with van der Waals surface area (Å²) in [4.78, 5) is 17.6. The molecule has 0 aliphatic rings. The average molecular weight is 292 g/mol. The monoisotopic (exact) mass is 290 g/mol. The van der Waals surface area contributed by atoms with E-state index in [4.69, 9.17) is 11.6 Å². The van der Waals surface area contributed by atoms with Crippen LogP contribution in [0.5, 0.6) is 0 Å². The molecule has 1 amide bonds. The van der Waals surface area contributed by atoms with Crippen LogP contribution in [0.1, 0.15) is 17.4 Å². The average Bonchev–Trinajstić information content (AvgIpc) is 2.26. The smallest absolute Gasteiger partial charge is 0.272 e. The highest BCUT2D eigenvalue weighted by atomic mass is 79.9. The van der Waals surface area contributed by atoms with Gasteiger partial charge in [-0.3, -0.25) is 4.79 Å². The lowest BCUT2D eigenvalue weighted by Gasteiger charge is -2.18. The van der Waals surface area contributed by atoms with Crippen molar-refractivity contribution in [2.45, 2.75) is 6.92 Å². The SMILES string of the molecule is CCN(CCCl)C(=O)c1ccc(Br)cn1. The summed E-state index contributed by atoms with van der Waals surface area (Å²) in [6.45, 7) is 3.11. The largest absolute Gasteiger partial charge is 0.336 e. The predicted octanol–water partition coefficient (Wildman–Crippen LogP) is 2.55. The first-order chi connectivity index (χ1) is 7.19. The molecule has 0 N–H and O–H groups in total. The molecule has 1 aromatic heterocycles. The minimum absolute atomic E-state index is 0.0781. The minimum atomic E-state index is -0.0781. The van der Waals surface area contributed by atoms with E-state index in [2.05, 4.69) is 20.9 Å². The number of amides is 1.